The van der Waals surface area contributed by atoms with Crippen molar-refractivity contribution >= 4 is 45.4 Å². The van der Waals surface area contributed by atoms with Gasteiger partial charge in [-0.3, -0.25) is 15.1 Å². The minimum absolute atomic E-state index is 0.0439. The Bertz CT molecular complexity index is 2520. The number of aromatic nitrogens is 3. The Morgan fingerprint density at radius 2 is 1.82 bits per heavy atom. The maximum absolute atomic E-state index is 17.8. The number of carbonyl (C=O) groups excluding carboxylic acids is 2. The third-order valence-electron chi connectivity index (χ3n) is 12.3. The second kappa shape index (κ2) is 14.3. The molecule has 2 amide bonds. The van der Waals surface area contributed by atoms with Crippen molar-refractivity contribution in [1.29, 1.82) is 0 Å². The first-order valence-electron chi connectivity index (χ1n) is 20.9. The molecule has 7 heterocycles. The summed E-state index contributed by atoms with van der Waals surface area (Å²) in [6.07, 6.45) is 6.50. The first-order valence-corrected chi connectivity index (χ1v) is 20.9. The average molecular weight is 842 g/mol. The lowest BCUT2D eigenvalue weighted by Gasteiger charge is -2.48. The van der Waals surface area contributed by atoms with Crippen LogP contribution in [0.25, 0.3) is 32.9 Å². The van der Waals surface area contributed by atoms with E-state index in [0.29, 0.717) is 60.2 Å². The Kier molecular flexibility index (Phi) is 9.54. The van der Waals surface area contributed by atoms with Gasteiger partial charge in [-0.2, -0.15) is 9.97 Å². The van der Waals surface area contributed by atoms with Gasteiger partial charge in [-0.1, -0.05) is 18.1 Å². The summed E-state index contributed by atoms with van der Waals surface area (Å²) in [5.74, 6) is -0.669. The van der Waals surface area contributed by atoms with Crippen molar-refractivity contribution in [3.8, 4) is 35.5 Å². The molecule has 2 bridgehead atoms. The molecule has 4 saturated heterocycles. The van der Waals surface area contributed by atoms with Gasteiger partial charge < -0.3 is 23.8 Å². The lowest BCUT2D eigenvalue weighted by molar-refractivity contribution is 0.000851. The SMILES string of the molecule is C#Cc1cccc2cc(NC(=O)OC(C)(C)C)cc(-c3nc4c5c(nc(OCC67CCCN6CC(F)(F)C7)nc5c3F)N3C[C@H]5CC[C@@H]([C@H]3[C@H](C)O4)N5C(=O)OC(C)(C)C)c12. The van der Waals surface area contributed by atoms with Crippen LogP contribution in [-0.4, -0.2) is 110 Å². The number of piperazine rings is 1. The van der Waals surface area contributed by atoms with E-state index in [0.717, 1.165) is 6.42 Å². The van der Waals surface area contributed by atoms with Crippen molar-refractivity contribution in [2.24, 2.45) is 0 Å². The summed E-state index contributed by atoms with van der Waals surface area (Å²) in [4.78, 5) is 46.8. The van der Waals surface area contributed by atoms with Gasteiger partial charge in [-0.15, -0.1) is 6.42 Å². The molecule has 5 aliphatic heterocycles. The van der Waals surface area contributed by atoms with Crippen molar-refractivity contribution in [1.82, 2.24) is 24.8 Å². The minimum atomic E-state index is -2.87. The highest BCUT2D eigenvalue weighted by Gasteiger charge is 2.58. The van der Waals surface area contributed by atoms with Crippen molar-refractivity contribution in [3.05, 3.63) is 41.7 Å². The summed E-state index contributed by atoms with van der Waals surface area (Å²) < 4.78 is 72.0. The number of fused-ring (bicyclic) bond motifs is 7. The highest BCUT2D eigenvalue weighted by Crippen LogP contribution is 2.49. The van der Waals surface area contributed by atoms with Crippen LogP contribution < -0.4 is 19.7 Å². The topological polar surface area (TPSA) is 131 Å². The number of hydrogen-bond acceptors (Lipinski definition) is 11. The summed E-state index contributed by atoms with van der Waals surface area (Å²) in [5.41, 5.74) is -1.77. The van der Waals surface area contributed by atoms with E-state index in [-0.39, 0.29) is 65.7 Å². The average Bonchev–Trinajstić information content (AvgIpc) is 3.74. The number of benzene rings is 2. The van der Waals surface area contributed by atoms with Crippen LogP contribution in [0.3, 0.4) is 0 Å². The van der Waals surface area contributed by atoms with Crippen molar-refractivity contribution in [2.45, 2.75) is 127 Å². The van der Waals surface area contributed by atoms with Gasteiger partial charge in [0.1, 0.15) is 46.3 Å². The van der Waals surface area contributed by atoms with Gasteiger partial charge in [0.25, 0.3) is 5.92 Å². The van der Waals surface area contributed by atoms with Crippen LogP contribution in [0.2, 0.25) is 0 Å². The molecule has 1 N–H and O–H groups in total. The van der Waals surface area contributed by atoms with E-state index in [4.69, 9.17) is 35.3 Å². The van der Waals surface area contributed by atoms with Crippen molar-refractivity contribution in [3.63, 3.8) is 0 Å². The Morgan fingerprint density at radius 1 is 1.05 bits per heavy atom. The van der Waals surface area contributed by atoms with Crippen LogP contribution in [0.15, 0.2) is 30.3 Å². The lowest BCUT2D eigenvalue weighted by atomic mass is 9.94. The monoisotopic (exact) mass is 841 g/mol. The van der Waals surface area contributed by atoms with Crippen LogP contribution in [-0.2, 0) is 9.47 Å². The van der Waals surface area contributed by atoms with Gasteiger partial charge in [0.05, 0.1) is 30.2 Å². The number of nitrogens with one attached hydrogen (secondary N) is 1. The molecule has 5 atom stereocenters. The summed E-state index contributed by atoms with van der Waals surface area (Å²) in [6, 6.07) is 7.29. The molecule has 0 saturated carbocycles. The van der Waals surface area contributed by atoms with Crippen LogP contribution in [0.5, 0.6) is 11.9 Å². The largest absolute Gasteiger partial charge is 0.472 e. The van der Waals surface area contributed by atoms with Gasteiger partial charge in [0.15, 0.2) is 5.82 Å². The highest BCUT2D eigenvalue weighted by molar-refractivity contribution is 6.06. The number of hydrogen-bond donors (Lipinski definition) is 1. The lowest BCUT2D eigenvalue weighted by Crippen LogP contribution is -2.65. The molecule has 322 valence electrons. The summed E-state index contributed by atoms with van der Waals surface area (Å²) >= 11 is 0. The quantitative estimate of drug-likeness (QED) is 0.195. The van der Waals surface area contributed by atoms with E-state index >= 15 is 4.39 Å². The molecule has 0 aliphatic carbocycles. The smallest absolute Gasteiger partial charge is 0.412 e. The van der Waals surface area contributed by atoms with Gasteiger partial charge in [-0.05, 0) is 104 Å². The fourth-order valence-electron chi connectivity index (χ4n) is 10.2. The molecule has 2 aromatic heterocycles. The third-order valence-corrected chi connectivity index (χ3v) is 12.3. The van der Waals surface area contributed by atoms with E-state index < -0.39 is 52.8 Å². The molecule has 0 spiro atoms. The normalized spacial score (nSPS) is 25.4. The first-order chi connectivity index (χ1) is 28.7. The summed E-state index contributed by atoms with van der Waals surface area (Å²) in [5, 5.41) is 4.06. The second-order valence-corrected chi connectivity index (χ2v) is 19.1. The number of rotatable bonds is 5. The van der Waals surface area contributed by atoms with Crippen LogP contribution >= 0.6 is 0 Å². The molecule has 0 radical (unpaired) electrons. The van der Waals surface area contributed by atoms with Gasteiger partial charge in [0, 0.05) is 35.2 Å². The number of amides is 2. The van der Waals surface area contributed by atoms with Gasteiger partial charge in [0.2, 0.25) is 5.88 Å². The van der Waals surface area contributed by atoms with E-state index in [2.05, 4.69) is 16.2 Å². The number of ether oxygens (including phenoxy) is 4. The van der Waals surface area contributed by atoms with E-state index in [1.807, 2.05) is 32.6 Å². The predicted molar refractivity (Wildman–Crippen MR) is 223 cm³/mol. The van der Waals surface area contributed by atoms with E-state index in [1.54, 1.807) is 60.9 Å². The molecule has 9 rings (SSSR count). The molecule has 16 heteroatoms. The Morgan fingerprint density at radius 3 is 2.56 bits per heavy atom. The van der Waals surface area contributed by atoms with Crippen LogP contribution in [0.4, 0.5) is 34.3 Å². The zero-order valence-corrected chi connectivity index (χ0v) is 35.4. The van der Waals surface area contributed by atoms with Gasteiger partial charge in [-0.25, -0.2) is 27.7 Å². The first kappa shape index (κ1) is 40.8. The molecule has 1 unspecified atom stereocenters. The number of pyridine rings is 1. The van der Waals surface area contributed by atoms with E-state index in [9.17, 15) is 18.4 Å². The molecule has 4 aromatic rings. The second-order valence-electron chi connectivity index (χ2n) is 19.1. The molecular weight excluding hydrogens is 792 g/mol. The van der Waals surface area contributed by atoms with Crippen molar-refractivity contribution in [2.75, 3.05) is 36.5 Å². The zero-order valence-electron chi connectivity index (χ0n) is 35.4. The molecule has 5 aliphatic rings. The third kappa shape index (κ3) is 7.28. The van der Waals surface area contributed by atoms with Crippen molar-refractivity contribution < 1.29 is 41.7 Å². The predicted octanol–water partition coefficient (Wildman–Crippen LogP) is 8.30. The Hall–Kier alpha value is -5.56. The van der Waals surface area contributed by atoms with Crippen LogP contribution in [0.1, 0.15) is 86.1 Å². The zero-order chi connectivity index (χ0) is 43.4. The maximum Gasteiger partial charge on any atom is 0.412 e. The fraction of sp³-hybridized carbons (Fsp3) is 0.533. The number of carbonyl (C=O) groups is 2. The molecular formula is C45H50F3N7O6. The van der Waals surface area contributed by atoms with E-state index in [1.165, 1.54) is 0 Å². The molecule has 13 nitrogen and oxygen atoms in total. The summed E-state index contributed by atoms with van der Waals surface area (Å²) in [7, 11) is 0. The Balaban J connectivity index is 1.21. The number of terminal acetylenes is 1. The molecule has 61 heavy (non-hydrogen) atoms. The summed E-state index contributed by atoms with van der Waals surface area (Å²) in [6.45, 7) is 12.9. The minimum Gasteiger partial charge on any atom is -0.472 e. The molecule has 2 aromatic carbocycles. The number of halogens is 3. The Labute approximate surface area is 352 Å². The number of anilines is 2. The number of alkyl halides is 2. The fourth-order valence-corrected chi connectivity index (χ4v) is 10.2. The van der Waals surface area contributed by atoms with Crippen LogP contribution in [0, 0.1) is 18.2 Å². The highest BCUT2D eigenvalue weighted by atomic mass is 19.3. The standard InChI is InChI=1S/C45H50F3N7O6/c1-9-25-12-10-13-26-18-27(49-40(56)60-42(3,4)5)19-29(31(25)26)34-33(46)35-32-37(52-39(51-35)58-23-44-16-11-17-53(44)22-45(47,48)21-44)54-20-28-14-15-30(36(54)24(2)59-38(32)50-34)55(28)41(57)61-43(6,7)8/h1,10,12-13,18-19,24,28,30,36H,11,14-17,20-23H2,2-8H3,(H,49,56)/t24-,28+,30-,36+,44?/m0/s1. The van der Waals surface area contributed by atoms with Gasteiger partial charge >= 0.3 is 18.2 Å². The maximum atomic E-state index is 17.8. The number of nitrogens with zero attached hydrogens (tertiary/aromatic N) is 6. The molecule has 4 fully saturated rings.